The third-order valence-corrected chi connectivity index (χ3v) is 3.07. The van der Waals surface area contributed by atoms with Crippen LogP contribution >= 0.6 is 0 Å². The number of benzene rings is 1. The number of unbranched alkanes of at least 4 members (excludes halogenated alkanes) is 4. The fourth-order valence-corrected chi connectivity index (χ4v) is 1.95. The van der Waals surface area contributed by atoms with Gasteiger partial charge in [-0.2, -0.15) is 0 Å². The first-order valence-electron chi connectivity index (χ1n) is 7.43. The van der Waals surface area contributed by atoms with Crippen molar-refractivity contribution in [2.24, 2.45) is 5.73 Å². The topological polar surface area (TPSA) is 64.3 Å². The third kappa shape index (κ3) is 7.26. The van der Waals surface area contributed by atoms with Crippen molar-refractivity contribution in [2.75, 3.05) is 18.5 Å². The molecule has 4 nitrogen and oxygen atoms in total. The SMILES string of the molecule is CCCCCCCOCC(=O)Nc1cccc(CN)c1. The lowest BCUT2D eigenvalue weighted by Gasteiger charge is -2.07. The van der Waals surface area contributed by atoms with Crippen molar-refractivity contribution in [1.82, 2.24) is 0 Å². The first-order valence-corrected chi connectivity index (χ1v) is 7.43. The lowest BCUT2D eigenvalue weighted by molar-refractivity contribution is -0.120. The average molecular weight is 278 g/mol. The molecule has 0 spiro atoms. The van der Waals surface area contributed by atoms with Crippen molar-refractivity contribution in [3.8, 4) is 0 Å². The van der Waals surface area contributed by atoms with Gasteiger partial charge in [-0.25, -0.2) is 0 Å². The zero-order valence-electron chi connectivity index (χ0n) is 12.4. The Labute approximate surface area is 121 Å². The summed E-state index contributed by atoms with van der Waals surface area (Å²) in [5.41, 5.74) is 7.33. The molecule has 0 fully saturated rings. The summed E-state index contributed by atoms with van der Waals surface area (Å²) < 4.78 is 5.37. The summed E-state index contributed by atoms with van der Waals surface area (Å²) in [6.07, 6.45) is 5.96. The van der Waals surface area contributed by atoms with Crippen LogP contribution in [0.1, 0.15) is 44.6 Å². The Bertz CT molecular complexity index is 394. The summed E-state index contributed by atoms with van der Waals surface area (Å²) in [7, 11) is 0. The number of carbonyl (C=O) groups is 1. The first-order chi connectivity index (χ1) is 9.76. The van der Waals surface area contributed by atoms with Gasteiger partial charge in [0.25, 0.3) is 0 Å². The van der Waals surface area contributed by atoms with Crippen molar-refractivity contribution in [3.63, 3.8) is 0 Å². The number of ether oxygens (including phenoxy) is 1. The van der Waals surface area contributed by atoms with Crippen LogP contribution in [0.3, 0.4) is 0 Å². The van der Waals surface area contributed by atoms with Crippen molar-refractivity contribution >= 4 is 11.6 Å². The predicted octanol–water partition coefficient (Wildman–Crippen LogP) is 3.07. The molecule has 3 N–H and O–H groups in total. The molecule has 0 aliphatic carbocycles. The molecule has 1 amide bonds. The lowest BCUT2D eigenvalue weighted by Crippen LogP contribution is -2.18. The van der Waals surface area contributed by atoms with Crippen molar-refractivity contribution in [3.05, 3.63) is 29.8 Å². The number of anilines is 1. The molecule has 1 aromatic rings. The number of carbonyl (C=O) groups excluding carboxylic acids is 1. The van der Waals surface area contributed by atoms with Crippen LogP contribution in [0, 0.1) is 0 Å². The van der Waals surface area contributed by atoms with E-state index in [0.29, 0.717) is 13.2 Å². The van der Waals surface area contributed by atoms with Crippen LogP contribution in [0.15, 0.2) is 24.3 Å². The van der Waals surface area contributed by atoms with Crippen LogP contribution in [0.25, 0.3) is 0 Å². The smallest absolute Gasteiger partial charge is 0.250 e. The van der Waals surface area contributed by atoms with Crippen LogP contribution in [-0.4, -0.2) is 19.1 Å². The maximum Gasteiger partial charge on any atom is 0.250 e. The van der Waals surface area contributed by atoms with Gasteiger partial charge in [-0.05, 0) is 24.1 Å². The monoisotopic (exact) mass is 278 g/mol. The molecule has 0 heterocycles. The Morgan fingerprint density at radius 2 is 2.05 bits per heavy atom. The summed E-state index contributed by atoms with van der Waals surface area (Å²) >= 11 is 0. The van der Waals surface area contributed by atoms with E-state index in [2.05, 4.69) is 12.2 Å². The van der Waals surface area contributed by atoms with Gasteiger partial charge in [-0.1, -0.05) is 44.7 Å². The van der Waals surface area contributed by atoms with E-state index in [0.717, 1.165) is 17.7 Å². The molecule has 0 saturated carbocycles. The molecule has 1 aromatic carbocycles. The van der Waals surface area contributed by atoms with Gasteiger partial charge in [0.2, 0.25) is 5.91 Å². The van der Waals surface area contributed by atoms with Crippen LogP contribution in [0.4, 0.5) is 5.69 Å². The summed E-state index contributed by atoms with van der Waals surface area (Å²) in [5, 5.41) is 2.81. The number of rotatable bonds is 10. The highest BCUT2D eigenvalue weighted by Gasteiger charge is 2.02. The van der Waals surface area contributed by atoms with Gasteiger partial charge < -0.3 is 15.8 Å². The highest BCUT2D eigenvalue weighted by Crippen LogP contribution is 2.10. The van der Waals surface area contributed by atoms with Gasteiger partial charge in [-0.15, -0.1) is 0 Å². The number of amides is 1. The van der Waals surface area contributed by atoms with E-state index in [1.807, 2.05) is 24.3 Å². The van der Waals surface area contributed by atoms with Crippen molar-refractivity contribution in [1.29, 1.82) is 0 Å². The zero-order valence-corrected chi connectivity index (χ0v) is 12.4. The molecule has 0 aliphatic heterocycles. The van der Waals surface area contributed by atoms with E-state index in [4.69, 9.17) is 10.5 Å². The molecule has 0 unspecified atom stereocenters. The number of nitrogens with one attached hydrogen (secondary N) is 1. The average Bonchev–Trinajstić information content (AvgIpc) is 2.46. The third-order valence-electron chi connectivity index (χ3n) is 3.07. The largest absolute Gasteiger partial charge is 0.372 e. The molecule has 0 aromatic heterocycles. The van der Waals surface area contributed by atoms with Gasteiger partial charge in [0.15, 0.2) is 0 Å². The van der Waals surface area contributed by atoms with Crippen LogP contribution in [0.2, 0.25) is 0 Å². The maximum absolute atomic E-state index is 11.7. The van der Waals surface area contributed by atoms with Crippen molar-refractivity contribution in [2.45, 2.75) is 45.6 Å². The molecular weight excluding hydrogens is 252 g/mol. The van der Waals surface area contributed by atoms with E-state index >= 15 is 0 Å². The molecule has 0 bridgehead atoms. The second-order valence-electron chi connectivity index (χ2n) is 4.92. The van der Waals surface area contributed by atoms with Crippen LogP contribution in [0.5, 0.6) is 0 Å². The van der Waals surface area contributed by atoms with E-state index in [1.165, 1.54) is 25.7 Å². The van der Waals surface area contributed by atoms with E-state index in [9.17, 15) is 4.79 Å². The van der Waals surface area contributed by atoms with E-state index in [-0.39, 0.29) is 12.5 Å². The quantitative estimate of drug-likeness (QED) is 0.646. The molecule has 0 atom stereocenters. The number of nitrogens with two attached hydrogens (primary N) is 1. The van der Waals surface area contributed by atoms with Crippen molar-refractivity contribution < 1.29 is 9.53 Å². The Balaban J connectivity index is 2.13. The predicted molar refractivity (Wildman–Crippen MR) is 82.5 cm³/mol. The van der Waals surface area contributed by atoms with Crippen LogP contribution < -0.4 is 11.1 Å². The standard InChI is InChI=1S/C16H26N2O2/c1-2-3-4-5-6-10-20-13-16(19)18-15-9-7-8-14(11-15)12-17/h7-9,11H,2-6,10,12-13,17H2,1H3,(H,18,19). The molecule has 0 radical (unpaired) electrons. The summed E-state index contributed by atoms with van der Waals surface area (Å²) in [4.78, 5) is 11.7. The molecule has 4 heteroatoms. The zero-order chi connectivity index (χ0) is 14.6. The second kappa shape index (κ2) is 10.4. The van der Waals surface area contributed by atoms with Gasteiger partial charge in [0, 0.05) is 18.8 Å². The van der Waals surface area contributed by atoms with Gasteiger partial charge in [-0.3, -0.25) is 4.79 Å². The molecule has 0 aliphatic rings. The highest BCUT2D eigenvalue weighted by atomic mass is 16.5. The minimum absolute atomic E-state index is 0.112. The maximum atomic E-state index is 11.7. The van der Waals surface area contributed by atoms with Gasteiger partial charge in [0.05, 0.1) is 0 Å². The molecule has 1 rings (SSSR count). The lowest BCUT2D eigenvalue weighted by atomic mass is 10.2. The van der Waals surface area contributed by atoms with Gasteiger partial charge >= 0.3 is 0 Å². The number of hydrogen-bond donors (Lipinski definition) is 2. The number of hydrogen-bond acceptors (Lipinski definition) is 3. The Morgan fingerprint density at radius 1 is 1.25 bits per heavy atom. The first kappa shape index (κ1) is 16.7. The fourth-order valence-electron chi connectivity index (χ4n) is 1.95. The fraction of sp³-hybridized carbons (Fsp3) is 0.562. The summed E-state index contributed by atoms with van der Waals surface area (Å²) in [5.74, 6) is -0.118. The minimum Gasteiger partial charge on any atom is -0.372 e. The molecule has 112 valence electrons. The molecule has 0 saturated heterocycles. The highest BCUT2D eigenvalue weighted by molar-refractivity contribution is 5.91. The second-order valence-corrected chi connectivity index (χ2v) is 4.92. The normalized spacial score (nSPS) is 10.5. The Kier molecular flexibility index (Phi) is 8.67. The molecule has 20 heavy (non-hydrogen) atoms. The Hall–Kier alpha value is -1.39. The summed E-state index contributed by atoms with van der Waals surface area (Å²) in [6, 6.07) is 7.54. The van der Waals surface area contributed by atoms with Crippen LogP contribution in [-0.2, 0) is 16.1 Å². The van der Waals surface area contributed by atoms with E-state index < -0.39 is 0 Å². The molecular formula is C16H26N2O2. The summed E-state index contributed by atoms with van der Waals surface area (Å²) in [6.45, 7) is 3.43. The van der Waals surface area contributed by atoms with E-state index in [1.54, 1.807) is 0 Å². The Morgan fingerprint density at radius 3 is 2.80 bits per heavy atom. The minimum atomic E-state index is -0.118. The van der Waals surface area contributed by atoms with Gasteiger partial charge in [0.1, 0.15) is 6.61 Å².